The van der Waals surface area contributed by atoms with E-state index in [-0.39, 0.29) is 36.4 Å². The summed E-state index contributed by atoms with van der Waals surface area (Å²) in [5.74, 6) is 0.962. The summed E-state index contributed by atoms with van der Waals surface area (Å²) in [4.78, 5) is 73.3. The van der Waals surface area contributed by atoms with Crippen LogP contribution in [0.3, 0.4) is 0 Å². The molecule has 62 heavy (non-hydrogen) atoms. The average molecular weight is 835 g/mol. The van der Waals surface area contributed by atoms with E-state index < -0.39 is 24.3 Å². The predicted octanol–water partition coefficient (Wildman–Crippen LogP) is 8.27. The van der Waals surface area contributed by atoms with Gasteiger partial charge < -0.3 is 34.9 Å². The minimum Gasteiger partial charge on any atom is -0.465 e. The van der Waals surface area contributed by atoms with Crippen molar-refractivity contribution in [2.24, 2.45) is 5.92 Å². The molecule has 318 valence electrons. The second-order valence-corrected chi connectivity index (χ2v) is 16.8. The molecule has 4 aromatic carbocycles. The number of methoxy groups -OCH3 is 1. The Morgan fingerprint density at radius 1 is 0.726 bits per heavy atom. The van der Waals surface area contributed by atoms with E-state index in [9.17, 15) is 24.3 Å². The molecular weight excluding hydrogens is 785 g/mol. The number of hydrogen-bond acceptors (Lipinski definition) is 7. The molecule has 2 saturated heterocycles. The van der Waals surface area contributed by atoms with Crippen molar-refractivity contribution in [1.29, 1.82) is 0 Å². The third-order valence-electron chi connectivity index (χ3n) is 12.7. The van der Waals surface area contributed by atoms with Crippen LogP contribution in [0.1, 0.15) is 80.4 Å². The number of carbonyl (C=O) groups excluding carboxylic acids is 3. The van der Waals surface area contributed by atoms with E-state index in [1.165, 1.54) is 12.0 Å². The van der Waals surface area contributed by atoms with Crippen LogP contribution in [0.5, 0.6) is 0 Å². The van der Waals surface area contributed by atoms with E-state index >= 15 is 0 Å². The van der Waals surface area contributed by atoms with Crippen LogP contribution in [0.2, 0.25) is 0 Å². The first-order valence-corrected chi connectivity index (χ1v) is 21.4. The fourth-order valence-corrected chi connectivity index (χ4v) is 9.44. The van der Waals surface area contributed by atoms with Gasteiger partial charge in [0.05, 0.1) is 43.0 Å². The number of nitrogens with zero attached hydrogens (tertiary/aromatic N) is 5. The summed E-state index contributed by atoms with van der Waals surface area (Å²) in [6.45, 7) is 5.22. The van der Waals surface area contributed by atoms with Crippen LogP contribution in [0.25, 0.3) is 44.4 Å². The van der Waals surface area contributed by atoms with Crippen LogP contribution in [-0.4, -0.2) is 96.5 Å². The first kappa shape index (κ1) is 40.4. The zero-order valence-corrected chi connectivity index (χ0v) is 35.0. The lowest BCUT2D eigenvalue weighted by atomic mass is 9.92. The van der Waals surface area contributed by atoms with Crippen molar-refractivity contribution in [1.82, 2.24) is 40.0 Å². The minimum atomic E-state index is -1.09. The number of fused-ring (bicyclic) bond motifs is 2. The first-order valence-electron chi connectivity index (χ1n) is 21.4. The van der Waals surface area contributed by atoms with E-state index in [1.807, 2.05) is 49.2 Å². The molecule has 14 heteroatoms. The van der Waals surface area contributed by atoms with E-state index in [0.717, 1.165) is 87.0 Å². The van der Waals surface area contributed by atoms with Gasteiger partial charge in [-0.1, -0.05) is 86.6 Å². The van der Waals surface area contributed by atoms with E-state index in [1.54, 1.807) is 11.1 Å². The second kappa shape index (κ2) is 16.8. The van der Waals surface area contributed by atoms with Crippen LogP contribution < -0.4 is 5.32 Å². The Balaban J connectivity index is 0.878. The van der Waals surface area contributed by atoms with Gasteiger partial charge in [-0.05, 0) is 88.7 Å². The number of aromatic nitrogens is 4. The maximum absolute atomic E-state index is 14.2. The lowest BCUT2D eigenvalue weighted by Gasteiger charge is -2.37. The van der Waals surface area contributed by atoms with Crippen LogP contribution >= 0.6 is 0 Å². The fraction of sp³-hybridized carbons (Fsp3) is 0.333. The summed E-state index contributed by atoms with van der Waals surface area (Å²) in [6.07, 6.45) is 5.66. The Morgan fingerprint density at radius 2 is 1.31 bits per heavy atom. The van der Waals surface area contributed by atoms with Gasteiger partial charge >= 0.3 is 12.2 Å². The van der Waals surface area contributed by atoms with Crippen molar-refractivity contribution >= 4 is 34.8 Å². The number of aromatic amines is 2. The van der Waals surface area contributed by atoms with Crippen molar-refractivity contribution in [3.63, 3.8) is 0 Å². The molecule has 14 nitrogen and oxygen atoms in total. The third kappa shape index (κ3) is 7.65. The first-order chi connectivity index (χ1) is 30.1. The number of carbonyl (C=O) groups is 4. The molecule has 4 unspecified atom stereocenters. The highest BCUT2D eigenvalue weighted by Gasteiger charge is 2.42. The molecule has 0 radical (unpaired) electrons. The molecule has 4 amide bonds. The number of benzene rings is 4. The smallest absolute Gasteiger partial charge is 0.408 e. The number of carboxylic acid groups (broad SMARTS) is 1. The number of rotatable bonds is 9. The highest BCUT2D eigenvalue weighted by atomic mass is 16.5. The summed E-state index contributed by atoms with van der Waals surface area (Å²) in [5.41, 5.74) is 7.58. The zero-order chi connectivity index (χ0) is 43.1. The van der Waals surface area contributed by atoms with Crippen molar-refractivity contribution in [3.05, 3.63) is 120 Å². The van der Waals surface area contributed by atoms with Gasteiger partial charge in [-0.25, -0.2) is 19.6 Å². The van der Waals surface area contributed by atoms with Gasteiger partial charge in [-0.3, -0.25) is 14.5 Å². The number of amides is 4. The quantitative estimate of drug-likeness (QED) is 0.113. The van der Waals surface area contributed by atoms with Gasteiger partial charge in [0.2, 0.25) is 5.91 Å². The lowest BCUT2D eigenvalue weighted by Crippen LogP contribution is -2.51. The zero-order valence-electron chi connectivity index (χ0n) is 35.0. The van der Waals surface area contributed by atoms with Crippen LogP contribution in [0.4, 0.5) is 9.59 Å². The highest BCUT2D eigenvalue weighted by Crippen LogP contribution is 2.39. The number of alkyl carbamates (subject to hydrolysis) is 1. The molecule has 6 aromatic rings. The number of H-pyrrole nitrogens is 2. The van der Waals surface area contributed by atoms with Crippen molar-refractivity contribution in [2.45, 2.75) is 70.1 Å². The van der Waals surface area contributed by atoms with Gasteiger partial charge in [0.1, 0.15) is 23.7 Å². The molecule has 0 bridgehead atoms. The largest absolute Gasteiger partial charge is 0.465 e. The minimum absolute atomic E-state index is 0.110. The maximum atomic E-state index is 14.2. The summed E-state index contributed by atoms with van der Waals surface area (Å²) < 4.78 is 4.77. The van der Waals surface area contributed by atoms with Gasteiger partial charge in [-0.2, -0.15) is 0 Å². The van der Waals surface area contributed by atoms with E-state index in [0.29, 0.717) is 25.3 Å². The van der Waals surface area contributed by atoms with Gasteiger partial charge in [0, 0.05) is 25.2 Å². The molecule has 9 rings (SSSR count). The van der Waals surface area contributed by atoms with E-state index in [4.69, 9.17) is 14.7 Å². The molecule has 0 saturated carbocycles. The summed E-state index contributed by atoms with van der Waals surface area (Å²) in [7, 11) is 1.29. The van der Waals surface area contributed by atoms with Crippen molar-refractivity contribution in [2.75, 3.05) is 26.7 Å². The fourth-order valence-electron chi connectivity index (χ4n) is 9.44. The summed E-state index contributed by atoms with van der Waals surface area (Å²) in [6, 6.07) is 26.6. The van der Waals surface area contributed by atoms with Crippen molar-refractivity contribution in [3.8, 4) is 33.6 Å². The monoisotopic (exact) mass is 834 g/mol. The predicted molar refractivity (Wildman–Crippen MR) is 234 cm³/mol. The number of hydrogen-bond donors (Lipinski definition) is 4. The molecule has 5 heterocycles. The number of likely N-dealkylation sites (tertiary alicyclic amines) is 2. The van der Waals surface area contributed by atoms with E-state index in [2.05, 4.69) is 75.9 Å². The SMILES string of the molecule is COC(=O)NC(C(=O)N1CCCC1c1ncc(-c2ccc3cc(-c4ccc(-c5cnc(C6CCCN6C(=O)C6c7ccccc7CCN6C(=O)O)[nH]5)cc4)ccc3c2)[nH]1)C(C)C. The molecule has 3 aliphatic heterocycles. The molecule has 0 aliphatic carbocycles. The molecular formula is C48H50N8O6. The van der Waals surface area contributed by atoms with Crippen LogP contribution in [0, 0.1) is 5.92 Å². The van der Waals surface area contributed by atoms with Gasteiger partial charge in [0.25, 0.3) is 5.91 Å². The number of nitrogens with one attached hydrogen (secondary N) is 3. The third-order valence-corrected chi connectivity index (χ3v) is 12.7. The van der Waals surface area contributed by atoms with Gasteiger partial charge in [0.15, 0.2) is 0 Å². The Morgan fingerprint density at radius 3 is 1.97 bits per heavy atom. The number of ether oxygens (including phenoxy) is 1. The van der Waals surface area contributed by atoms with Gasteiger partial charge in [-0.15, -0.1) is 0 Å². The topological polar surface area (TPSA) is 177 Å². The molecule has 2 fully saturated rings. The summed E-state index contributed by atoms with van der Waals surface area (Å²) >= 11 is 0. The standard InChI is InChI=1S/C48H50N8O6/c1-28(2)41(53-47(59)62-3)45(57)54-21-6-10-39(54)43-50-27-38(52-43)35-19-18-33-24-32(16-17-34(33)25-35)29-12-14-31(15-13-29)37-26-49-44(51-37)40-11-7-22-55(40)46(58)42-36-9-5-4-8-30(36)20-23-56(42)48(60)61/h4-5,8-9,12-19,24-28,39-42H,6-7,10-11,20-23H2,1-3H3,(H,49,51)(H,50,52)(H,53,59)(H,60,61). The maximum Gasteiger partial charge on any atom is 0.408 e. The Hall–Kier alpha value is -6.96. The van der Waals surface area contributed by atoms with Crippen LogP contribution in [0.15, 0.2) is 97.3 Å². The molecule has 0 spiro atoms. The van der Waals surface area contributed by atoms with Crippen molar-refractivity contribution < 1.29 is 29.0 Å². The average Bonchev–Trinajstić information content (AvgIpc) is 4.14. The molecule has 4 atom stereocenters. The molecule has 4 N–H and O–H groups in total. The Bertz CT molecular complexity index is 2650. The van der Waals surface area contributed by atoms with Crippen LogP contribution in [-0.2, 0) is 20.7 Å². The lowest BCUT2D eigenvalue weighted by molar-refractivity contribution is -0.138. The summed E-state index contributed by atoms with van der Waals surface area (Å²) in [5, 5.41) is 14.9. The normalized spacial score (nSPS) is 19.2. The Labute approximate surface area is 359 Å². The Kier molecular flexibility index (Phi) is 11.0. The number of imidazole rings is 2. The molecule has 2 aromatic heterocycles. The highest BCUT2D eigenvalue weighted by molar-refractivity contribution is 5.91. The molecule has 3 aliphatic rings. The second-order valence-electron chi connectivity index (χ2n) is 16.8.